The number of nitrogens with one attached hydrogen (secondary N) is 1. The normalized spacial score (nSPS) is 15.0. The first-order chi connectivity index (χ1) is 6.95. The lowest BCUT2D eigenvalue weighted by atomic mass is 10.0. The topological polar surface area (TPSA) is 46.2 Å². The quantitative estimate of drug-likeness (QED) is 0.727. The summed E-state index contributed by atoms with van der Waals surface area (Å²) in [6.45, 7) is 6.42. The van der Waals surface area contributed by atoms with Crippen molar-refractivity contribution in [2.75, 3.05) is 12.0 Å². The molecule has 0 spiro atoms. The minimum absolute atomic E-state index is 0.0913. The highest BCUT2D eigenvalue weighted by atomic mass is 32.2. The third-order valence-corrected chi connectivity index (χ3v) is 2.95. The van der Waals surface area contributed by atoms with Crippen molar-refractivity contribution in [1.29, 1.82) is 0 Å². The van der Waals surface area contributed by atoms with E-state index in [0.29, 0.717) is 5.92 Å². The second-order valence-electron chi connectivity index (χ2n) is 4.36. The molecule has 1 N–H and O–H groups in total. The van der Waals surface area contributed by atoms with E-state index in [4.69, 9.17) is 0 Å². The average molecular weight is 233 g/mol. The van der Waals surface area contributed by atoms with Crippen LogP contribution < -0.4 is 5.32 Å². The van der Waals surface area contributed by atoms with Crippen LogP contribution in [0.25, 0.3) is 0 Å². The molecule has 0 radical (unpaired) electrons. The summed E-state index contributed by atoms with van der Waals surface area (Å²) in [7, 11) is -1.04. The maximum atomic E-state index is 11.4. The van der Waals surface area contributed by atoms with E-state index >= 15 is 0 Å². The summed E-state index contributed by atoms with van der Waals surface area (Å²) in [5.41, 5.74) is 0. The molecular weight excluding hydrogens is 210 g/mol. The van der Waals surface area contributed by atoms with Crippen molar-refractivity contribution in [3.8, 4) is 0 Å². The molecule has 2 atom stereocenters. The van der Waals surface area contributed by atoms with Crippen molar-refractivity contribution in [2.45, 2.75) is 46.1 Å². The highest BCUT2D eigenvalue weighted by molar-refractivity contribution is 7.85. The van der Waals surface area contributed by atoms with Gasteiger partial charge >= 0.3 is 0 Å². The molecule has 0 saturated heterocycles. The van der Waals surface area contributed by atoms with Crippen molar-refractivity contribution < 1.29 is 9.00 Å². The van der Waals surface area contributed by atoms with Gasteiger partial charge in [0, 0.05) is 23.1 Å². The van der Waals surface area contributed by atoms with Gasteiger partial charge in [0.2, 0.25) is 5.91 Å². The molecule has 15 heavy (non-hydrogen) atoms. The third-order valence-electron chi connectivity index (χ3n) is 2.28. The zero-order chi connectivity index (χ0) is 11.8. The Hall–Kier alpha value is -0.380. The molecule has 0 aromatic rings. The van der Waals surface area contributed by atoms with E-state index in [1.807, 2.05) is 0 Å². The molecule has 0 aromatic carbocycles. The van der Waals surface area contributed by atoms with Crippen molar-refractivity contribution >= 4 is 16.7 Å². The molecular formula is C11H23NO2S. The fourth-order valence-corrected chi connectivity index (χ4v) is 1.82. The molecule has 0 aromatic heterocycles. The average Bonchev–Trinajstić information content (AvgIpc) is 2.10. The fraction of sp³-hybridized carbons (Fsp3) is 0.909. The number of amides is 1. The van der Waals surface area contributed by atoms with Gasteiger partial charge in [0.25, 0.3) is 0 Å². The van der Waals surface area contributed by atoms with Crippen LogP contribution in [0.4, 0.5) is 0 Å². The predicted octanol–water partition coefficient (Wildman–Crippen LogP) is 1.70. The van der Waals surface area contributed by atoms with Gasteiger partial charge in [-0.1, -0.05) is 20.8 Å². The Morgan fingerprint density at radius 3 is 2.33 bits per heavy atom. The highest BCUT2D eigenvalue weighted by Gasteiger charge is 2.11. The molecule has 0 heterocycles. The number of rotatable bonds is 7. The monoisotopic (exact) mass is 233 g/mol. The second-order valence-corrected chi connectivity index (χ2v) is 5.80. The standard InChI is InChI=1S/C11H23NO2S/c1-5-10(7-6-9(2)3)12-11(13)8-15(4)14/h9-10H,5-8H2,1-4H3,(H,12,13). The van der Waals surface area contributed by atoms with Crippen LogP contribution in [0.15, 0.2) is 0 Å². The molecule has 0 aliphatic heterocycles. The summed E-state index contributed by atoms with van der Waals surface area (Å²) in [6, 6.07) is 0.239. The van der Waals surface area contributed by atoms with Crippen molar-refractivity contribution in [2.24, 2.45) is 5.92 Å². The highest BCUT2D eigenvalue weighted by Crippen LogP contribution is 2.08. The summed E-state index contributed by atoms with van der Waals surface area (Å²) in [4.78, 5) is 11.4. The Labute approximate surface area is 95.5 Å². The zero-order valence-electron chi connectivity index (χ0n) is 10.2. The van der Waals surface area contributed by atoms with E-state index in [-0.39, 0.29) is 17.7 Å². The molecule has 0 aliphatic rings. The molecule has 2 unspecified atom stereocenters. The molecule has 0 rings (SSSR count). The molecule has 0 bridgehead atoms. The van der Waals surface area contributed by atoms with Gasteiger partial charge in [-0.2, -0.15) is 0 Å². The molecule has 0 saturated carbocycles. The van der Waals surface area contributed by atoms with Gasteiger partial charge in [0.1, 0.15) is 5.75 Å². The Morgan fingerprint density at radius 2 is 1.93 bits per heavy atom. The Bertz CT molecular complexity index is 217. The number of carbonyl (C=O) groups excluding carboxylic acids is 1. The van der Waals surface area contributed by atoms with Crippen LogP contribution in [-0.2, 0) is 15.6 Å². The van der Waals surface area contributed by atoms with Gasteiger partial charge in [0.05, 0.1) is 0 Å². The Morgan fingerprint density at radius 1 is 1.33 bits per heavy atom. The first-order valence-corrected chi connectivity index (χ1v) is 7.27. The Balaban J connectivity index is 3.87. The minimum Gasteiger partial charge on any atom is -0.353 e. The first kappa shape index (κ1) is 14.6. The van der Waals surface area contributed by atoms with Gasteiger partial charge in [-0.15, -0.1) is 0 Å². The van der Waals surface area contributed by atoms with E-state index in [9.17, 15) is 9.00 Å². The largest absolute Gasteiger partial charge is 0.353 e. The van der Waals surface area contributed by atoms with Crippen LogP contribution in [0.1, 0.15) is 40.0 Å². The maximum Gasteiger partial charge on any atom is 0.232 e. The molecule has 0 aliphatic carbocycles. The number of carbonyl (C=O) groups is 1. The summed E-state index contributed by atoms with van der Waals surface area (Å²) in [6.07, 6.45) is 4.62. The number of hydrogen-bond acceptors (Lipinski definition) is 2. The summed E-state index contributed by atoms with van der Waals surface area (Å²) in [5.74, 6) is 0.695. The lowest BCUT2D eigenvalue weighted by molar-refractivity contribution is -0.119. The fourth-order valence-electron chi connectivity index (χ4n) is 1.37. The van der Waals surface area contributed by atoms with Crippen LogP contribution in [0, 0.1) is 5.92 Å². The van der Waals surface area contributed by atoms with Crippen LogP contribution in [0.2, 0.25) is 0 Å². The van der Waals surface area contributed by atoms with Crippen molar-refractivity contribution in [3.63, 3.8) is 0 Å². The lowest BCUT2D eigenvalue weighted by Gasteiger charge is -2.17. The zero-order valence-corrected chi connectivity index (χ0v) is 11.0. The van der Waals surface area contributed by atoms with Gasteiger partial charge < -0.3 is 5.32 Å². The maximum absolute atomic E-state index is 11.4. The SMILES string of the molecule is CCC(CCC(C)C)NC(=O)CS(C)=O. The minimum atomic E-state index is -1.04. The van der Waals surface area contributed by atoms with Crippen molar-refractivity contribution in [3.05, 3.63) is 0 Å². The lowest BCUT2D eigenvalue weighted by Crippen LogP contribution is -2.37. The van der Waals surface area contributed by atoms with Gasteiger partial charge in [-0.3, -0.25) is 9.00 Å². The van der Waals surface area contributed by atoms with E-state index in [1.54, 1.807) is 6.26 Å². The van der Waals surface area contributed by atoms with Gasteiger partial charge in [-0.25, -0.2) is 0 Å². The van der Waals surface area contributed by atoms with E-state index in [1.165, 1.54) is 0 Å². The van der Waals surface area contributed by atoms with E-state index < -0.39 is 10.8 Å². The molecule has 90 valence electrons. The van der Waals surface area contributed by atoms with E-state index in [2.05, 4.69) is 26.1 Å². The summed E-state index contributed by atoms with van der Waals surface area (Å²) in [5, 5.41) is 2.92. The van der Waals surface area contributed by atoms with Gasteiger partial charge in [-0.05, 0) is 25.2 Å². The molecule has 3 nitrogen and oxygen atoms in total. The van der Waals surface area contributed by atoms with Crippen LogP contribution >= 0.6 is 0 Å². The number of hydrogen-bond donors (Lipinski definition) is 1. The summed E-state index contributed by atoms with van der Waals surface area (Å²) < 4.78 is 10.8. The smallest absolute Gasteiger partial charge is 0.232 e. The predicted molar refractivity (Wildman–Crippen MR) is 65.2 cm³/mol. The Kier molecular flexibility index (Phi) is 7.65. The molecule has 0 fully saturated rings. The van der Waals surface area contributed by atoms with Crippen LogP contribution in [0.3, 0.4) is 0 Å². The molecule has 4 heteroatoms. The van der Waals surface area contributed by atoms with Crippen LogP contribution in [0.5, 0.6) is 0 Å². The van der Waals surface area contributed by atoms with Crippen molar-refractivity contribution in [1.82, 2.24) is 5.32 Å². The second kappa shape index (κ2) is 7.85. The summed E-state index contributed by atoms with van der Waals surface area (Å²) >= 11 is 0. The van der Waals surface area contributed by atoms with Gasteiger partial charge in [0.15, 0.2) is 0 Å². The van der Waals surface area contributed by atoms with E-state index in [0.717, 1.165) is 19.3 Å². The first-order valence-electron chi connectivity index (χ1n) is 5.55. The van der Waals surface area contributed by atoms with Crippen LogP contribution in [-0.4, -0.2) is 28.2 Å². The molecule has 1 amide bonds. The third kappa shape index (κ3) is 8.60.